The molecule has 2 heterocycles. The first-order valence-corrected chi connectivity index (χ1v) is 8.02. The van der Waals surface area contributed by atoms with Crippen LogP contribution >= 0.6 is 24.8 Å². The Labute approximate surface area is 155 Å². The van der Waals surface area contributed by atoms with Crippen molar-refractivity contribution in [1.29, 1.82) is 0 Å². The van der Waals surface area contributed by atoms with Crippen molar-refractivity contribution in [3.63, 3.8) is 0 Å². The first-order chi connectivity index (χ1) is 10.7. The zero-order chi connectivity index (χ0) is 15.4. The zero-order valence-corrected chi connectivity index (χ0v) is 15.3. The Hall–Kier alpha value is -1.08. The molecular weight excluding hydrogens is 351 g/mol. The predicted octanol–water partition coefficient (Wildman–Crippen LogP) is 1.65. The summed E-state index contributed by atoms with van der Waals surface area (Å²) in [5.41, 5.74) is 6.47. The van der Waals surface area contributed by atoms with Crippen LogP contribution in [0.4, 0.5) is 5.82 Å². The van der Waals surface area contributed by atoms with E-state index >= 15 is 0 Å². The highest BCUT2D eigenvalue weighted by molar-refractivity contribution is 5.86. The van der Waals surface area contributed by atoms with E-state index in [-0.39, 0.29) is 30.7 Å². The summed E-state index contributed by atoms with van der Waals surface area (Å²) in [6.07, 6.45) is 5.47. The van der Waals surface area contributed by atoms with Crippen LogP contribution in [0.25, 0.3) is 0 Å². The van der Waals surface area contributed by atoms with Gasteiger partial charge in [-0.3, -0.25) is 4.79 Å². The van der Waals surface area contributed by atoms with Crippen LogP contribution in [-0.4, -0.2) is 42.7 Å². The van der Waals surface area contributed by atoms with Gasteiger partial charge in [0.25, 0.3) is 0 Å². The lowest BCUT2D eigenvalue weighted by atomic mass is 9.98. The van der Waals surface area contributed by atoms with Crippen molar-refractivity contribution in [2.24, 2.45) is 5.73 Å². The Bertz CT molecular complexity index is 515. The maximum atomic E-state index is 12.2. The molecule has 6 nitrogen and oxygen atoms in total. The summed E-state index contributed by atoms with van der Waals surface area (Å²) in [5, 5.41) is 2.94. The Morgan fingerprint density at radius 1 is 1.25 bits per heavy atom. The summed E-state index contributed by atoms with van der Waals surface area (Å²) in [6, 6.07) is 4.01. The van der Waals surface area contributed by atoms with Crippen LogP contribution in [0.2, 0.25) is 0 Å². The van der Waals surface area contributed by atoms with Gasteiger partial charge in [-0.15, -0.1) is 24.8 Å². The third-order valence-electron chi connectivity index (χ3n) is 4.55. The topological polar surface area (TPSA) is 80.5 Å². The van der Waals surface area contributed by atoms with E-state index in [2.05, 4.69) is 15.2 Å². The van der Waals surface area contributed by atoms with Crippen LogP contribution in [-0.2, 0) is 16.1 Å². The Kier molecular flexibility index (Phi) is 8.22. The van der Waals surface area contributed by atoms with Crippen LogP contribution < -0.4 is 16.0 Å². The van der Waals surface area contributed by atoms with Crippen LogP contribution in [0.5, 0.6) is 0 Å². The molecule has 0 spiro atoms. The molecule has 3 N–H and O–H groups in total. The molecule has 0 unspecified atom stereocenters. The molecule has 1 saturated carbocycles. The number of hydrogen-bond acceptors (Lipinski definition) is 5. The molecule has 8 heteroatoms. The van der Waals surface area contributed by atoms with Crippen molar-refractivity contribution < 1.29 is 9.53 Å². The average molecular weight is 377 g/mol. The van der Waals surface area contributed by atoms with Crippen molar-refractivity contribution in [2.75, 3.05) is 31.2 Å². The van der Waals surface area contributed by atoms with Gasteiger partial charge in [0.2, 0.25) is 5.91 Å². The molecule has 0 aromatic carbocycles. The highest BCUT2D eigenvalue weighted by Gasteiger charge is 2.36. The normalized spacial score (nSPS) is 19.1. The maximum absolute atomic E-state index is 12.2. The van der Waals surface area contributed by atoms with Gasteiger partial charge >= 0.3 is 0 Å². The molecule has 2 fully saturated rings. The quantitative estimate of drug-likeness (QED) is 0.834. The van der Waals surface area contributed by atoms with Gasteiger partial charge < -0.3 is 20.7 Å². The van der Waals surface area contributed by atoms with E-state index in [0.29, 0.717) is 6.54 Å². The van der Waals surface area contributed by atoms with Crippen LogP contribution in [0.15, 0.2) is 18.3 Å². The molecule has 1 aromatic heterocycles. The molecule has 3 rings (SSSR count). The molecule has 136 valence electrons. The third-order valence-corrected chi connectivity index (χ3v) is 4.55. The first kappa shape index (κ1) is 21.0. The van der Waals surface area contributed by atoms with E-state index < -0.39 is 5.54 Å². The first-order valence-electron chi connectivity index (χ1n) is 8.02. The fourth-order valence-corrected chi connectivity index (χ4v) is 3.09. The second kappa shape index (κ2) is 9.42. The molecule has 2 aliphatic rings. The number of carbonyl (C=O) groups is 1. The van der Waals surface area contributed by atoms with Gasteiger partial charge in [0.05, 0.1) is 18.8 Å². The number of carbonyl (C=O) groups excluding carboxylic acids is 1. The van der Waals surface area contributed by atoms with Crippen molar-refractivity contribution in [2.45, 2.75) is 37.8 Å². The van der Waals surface area contributed by atoms with E-state index in [1.807, 2.05) is 18.3 Å². The number of ether oxygens (including phenoxy) is 1. The van der Waals surface area contributed by atoms with Crippen LogP contribution in [0.3, 0.4) is 0 Å². The number of amides is 1. The van der Waals surface area contributed by atoms with Gasteiger partial charge in [-0.05, 0) is 24.5 Å². The van der Waals surface area contributed by atoms with E-state index in [9.17, 15) is 4.79 Å². The molecule has 1 saturated heterocycles. The van der Waals surface area contributed by atoms with Gasteiger partial charge in [0.15, 0.2) is 0 Å². The zero-order valence-electron chi connectivity index (χ0n) is 13.7. The predicted molar refractivity (Wildman–Crippen MR) is 99.0 cm³/mol. The lowest BCUT2D eigenvalue weighted by Gasteiger charge is -2.27. The summed E-state index contributed by atoms with van der Waals surface area (Å²) in [7, 11) is 0. The number of nitrogens with two attached hydrogens (primary N) is 1. The van der Waals surface area contributed by atoms with Crippen LogP contribution in [0, 0.1) is 0 Å². The van der Waals surface area contributed by atoms with Gasteiger partial charge in [-0.25, -0.2) is 4.98 Å². The second-order valence-corrected chi connectivity index (χ2v) is 6.17. The minimum absolute atomic E-state index is 0. The molecule has 0 radical (unpaired) electrons. The fraction of sp³-hybridized carbons (Fsp3) is 0.625. The van der Waals surface area contributed by atoms with E-state index in [1.165, 1.54) is 0 Å². The van der Waals surface area contributed by atoms with Gasteiger partial charge in [-0.1, -0.05) is 18.9 Å². The Morgan fingerprint density at radius 3 is 2.50 bits per heavy atom. The van der Waals surface area contributed by atoms with Crippen molar-refractivity contribution in [1.82, 2.24) is 10.3 Å². The van der Waals surface area contributed by atoms with Crippen molar-refractivity contribution in [3.05, 3.63) is 23.9 Å². The van der Waals surface area contributed by atoms with Gasteiger partial charge in [0.1, 0.15) is 5.82 Å². The second-order valence-electron chi connectivity index (χ2n) is 6.17. The number of halogens is 2. The number of nitrogens with one attached hydrogen (secondary N) is 1. The highest BCUT2D eigenvalue weighted by Crippen LogP contribution is 2.27. The molecule has 1 aliphatic carbocycles. The molecule has 1 amide bonds. The molecule has 24 heavy (non-hydrogen) atoms. The number of pyridine rings is 1. The average Bonchev–Trinajstić information content (AvgIpc) is 3.02. The fourth-order valence-electron chi connectivity index (χ4n) is 3.09. The molecule has 1 aliphatic heterocycles. The van der Waals surface area contributed by atoms with E-state index in [4.69, 9.17) is 10.5 Å². The largest absolute Gasteiger partial charge is 0.378 e. The number of morpholine rings is 1. The summed E-state index contributed by atoms with van der Waals surface area (Å²) in [6.45, 7) is 3.72. The number of rotatable bonds is 4. The smallest absolute Gasteiger partial charge is 0.240 e. The number of nitrogens with zero attached hydrogens (tertiary/aromatic N) is 2. The standard InChI is InChI=1S/C16H24N4O2.2ClH/c17-16(5-1-2-6-16)15(21)19-12-13-3-4-14(18-11-13)20-7-9-22-10-8-20;;/h3-4,11H,1-2,5-10,12,17H2,(H,19,21);2*1H. The molecule has 0 bridgehead atoms. The van der Waals surface area contributed by atoms with E-state index in [0.717, 1.165) is 63.4 Å². The maximum Gasteiger partial charge on any atom is 0.240 e. The summed E-state index contributed by atoms with van der Waals surface area (Å²) < 4.78 is 5.34. The Morgan fingerprint density at radius 2 is 1.92 bits per heavy atom. The number of hydrogen-bond donors (Lipinski definition) is 2. The molecule has 1 aromatic rings. The highest BCUT2D eigenvalue weighted by atomic mass is 35.5. The molecular formula is C16H26Cl2N4O2. The number of anilines is 1. The van der Waals surface area contributed by atoms with Crippen molar-refractivity contribution in [3.8, 4) is 0 Å². The third kappa shape index (κ3) is 4.96. The summed E-state index contributed by atoms with van der Waals surface area (Å²) >= 11 is 0. The van der Waals surface area contributed by atoms with Crippen LogP contribution in [0.1, 0.15) is 31.2 Å². The minimum Gasteiger partial charge on any atom is -0.378 e. The van der Waals surface area contributed by atoms with E-state index in [1.54, 1.807) is 0 Å². The molecule has 0 atom stereocenters. The number of aromatic nitrogens is 1. The lowest BCUT2D eigenvalue weighted by Crippen LogP contribution is -2.51. The Balaban J connectivity index is 0.00000144. The minimum atomic E-state index is -0.666. The van der Waals surface area contributed by atoms with Crippen molar-refractivity contribution >= 4 is 36.5 Å². The summed E-state index contributed by atoms with van der Waals surface area (Å²) in [5.74, 6) is 0.923. The lowest BCUT2D eigenvalue weighted by molar-refractivity contribution is -0.126. The van der Waals surface area contributed by atoms with Gasteiger partial charge in [-0.2, -0.15) is 0 Å². The summed E-state index contributed by atoms with van der Waals surface area (Å²) in [4.78, 5) is 18.9. The SMILES string of the molecule is Cl.Cl.NC1(C(=O)NCc2ccc(N3CCOCC3)nc2)CCCC1. The van der Waals surface area contributed by atoms with Gasteiger partial charge in [0, 0.05) is 25.8 Å². The monoisotopic (exact) mass is 376 g/mol.